The molecule has 17 heavy (non-hydrogen) atoms. The van der Waals surface area contributed by atoms with Gasteiger partial charge < -0.3 is 15.7 Å². The van der Waals surface area contributed by atoms with Gasteiger partial charge in [-0.15, -0.1) is 0 Å². The fourth-order valence-electron chi connectivity index (χ4n) is 1.24. The number of hydrogen-bond acceptors (Lipinski definition) is 2. The topological polar surface area (TPSA) is 61.4 Å². The van der Waals surface area contributed by atoms with Crippen LogP contribution in [0.15, 0.2) is 24.3 Å². The molecule has 0 aliphatic heterocycles. The number of carbonyl (C=O) groups excluding carboxylic acids is 1. The van der Waals surface area contributed by atoms with E-state index in [0.29, 0.717) is 0 Å². The van der Waals surface area contributed by atoms with Crippen molar-refractivity contribution in [2.24, 2.45) is 5.92 Å². The van der Waals surface area contributed by atoms with E-state index in [0.717, 1.165) is 9.26 Å². The number of rotatable bonds is 4. The molecule has 0 saturated carbocycles. The van der Waals surface area contributed by atoms with Crippen molar-refractivity contribution in [2.45, 2.75) is 19.9 Å². The number of carbonyl (C=O) groups is 1. The maximum absolute atomic E-state index is 11.6. The highest BCUT2D eigenvalue weighted by Gasteiger charge is 2.13. The quantitative estimate of drug-likeness (QED) is 0.732. The van der Waals surface area contributed by atoms with E-state index in [1.165, 1.54) is 0 Å². The van der Waals surface area contributed by atoms with Gasteiger partial charge in [-0.05, 0) is 53.6 Å². The number of anilines is 1. The number of amides is 2. The first kappa shape index (κ1) is 14.2. The smallest absolute Gasteiger partial charge is 0.319 e. The molecular weight excluding hydrogens is 331 g/mol. The Bertz CT molecular complexity index is 385. The Kier molecular flexibility index (Phi) is 5.70. The van der Waals surface area contributed by atoms with Gasteiger partial charge in [0.15, 0.2) is 0 Å². The average molecular weight is 348 g/mol. The third-order valence-corrected chi connectivity index (χ3v) is 3.25. The van der Waals surface area contributed by atoms with Gasteiger partial charge in [0.1, 0.15) is 0 Å². The molecule has 5 heteroatoms. The van der Waals surface area contributed by atoms with Gasteiger partial charge in [0, 0.05) is 21.9 Å². The number of urea groups is 1. The molecule has 2 unspecified atom stereocenters. The molecule has 4 nitrogen and oxygen atoms in total. The summed E-state index contributed by atoms with van der Waals surface area (Å²) >= 11 is 2.19. The van der Waals surface area contributed by atoms with E-state index in [2.05, 4.69) is 33.2 Å². The molecule has 2 amide bonds. The molecule has 0 bridgehead atoms. The molecular formula is C12H17IN2O2. The second-order valence-corrected chi connectivity index (χ2v) is 5.30. The number of nitrogens with one attached hydrogen (secondary N) is 2. The molecule has 0 fully saturated rings. The lowest BCUT2D eigenvalue weighted by molar-refractivity contribution is 0.204. The lowest BCUT2D eigenvalue weighted by atomic mass is 10.1. The zero-order chi connectivity index (χ0) is 12.8. The molecule has 1 rings (SSSR count). The maximum atomic E-state index is 11.6. The number of hydrogen-bond donors (Lipinski definition) is 3. The molecule has 1 aromatic carbocycles. The zero-order valence-corrected chi connectivity index (χ0v) is 12.1. The number of halogens is 1. The van der Waals surface area contributed by atoms with Gasteiger partial charge in [-0.25, -0.2) is 4.79 Å². The van der Waals surface area contributed by atoms with E-state index >= 15 is 0 Å². The van der Waals surface area contributed by atoms with Crippen molar-refractivity contribution in [1.29, 1.82) is 0 Å². The second-order valence-electron chi connectivity index (χ2n) is 4.06. The molecule has 3 N–H and O–H groups in total. The largest absolute Gasteiger partial charge is 0.396 e. The van der Waals surface area contributed by atoms with Gasteiger partial charge in [-0.3, -0.25) is 0 Å². The summed E-state index contributed by atoms with van der Waals surface area (Å²) in [6, 6.07) is 7.25. The predicted octanol–water partition coefficient (Wildman–Crippen LogP) is 2.43. The van der Waals surface area contributed by atoms with Gasteiger partial charge in [0.2, 0.25) is 0 Å². The van der Waals surface area contributed by atoms with E-state index < -0.39 is 0 Å². The van der Waals surface area contributed by atoms with Crippen LogP contribution in [0.25, 0.3) is 0 Å². The van der Waals surface area contributed by atoms with Crippen molar-refractivity contribution in [3.05, 3.63) is 27.8 Å². The summed E-state index contributed by atoms with van der Waals surface area (Å²) in [5.74, 6) is 0.0386. The highest BCUT2D eigenvalue weighted by Crippen LogP contribution is 2.12. The van der Waals surface area contributed by atoms with Crippen LogP contribution in [0.2, 0.25) is 0 Å². The predicted molar refractivity (Wildman–Crippen MR) is 77.0 cm³/mol. The number of aliphatic hydroxyl groups is 1. The van der Waals surface area contributed by atoms with Gasteiger partial charge in [-0.1, -0.05) is 13.0 Å². The van der Waals surface area contributed by atoms with Crippen LogP contribution in [-0.4, -0.2) is 23.8 Å². The Balaban J connectivity index is 2.50. The van der Waals surface area contributed by atoms with Crippen molar-refractivity contribution in [1.82, 2.24) is 5.32 Å². The van der Waals surface area contributed by atoms with Crippen LogP contribution in [0.5, 0.6) is 0 Å². The highest BCUT2D eigenvalue weighted by atomic mass is 127. The van der Waals surface area contributed by atoms with E-state index in [1.807, 2.05) is 38.1 Å². The molecule has 0 aromatic heterocycles. The standard InChI is InChI=1S/C12H17IN2O2/c1-8(7-16)9(2)14-12(17)15-11-5-3-4-10(13)6-11/h3-6,8-9,16H,7H2,1-2H3,(H2,14,15,17). The van der Waals surface area contributed by atoms with Crippen molar-refractivity contribution in [3.63, 3.8) is 0 Å². The Hall–Kier alpha value is -0.820. The van der Waals surface area contributed by atoms with Crippen LogP contribution in [0.1, 0.15) is 13.8 Å². The van der Waals surface area contributed by atoms with E-state index in [9.17, 15) is 4.79 Å². The first-order valence-electron chi connectivity index (χ1n) is 5.47. The van der Waals surface area contributed by atoms with Crippen LogP contribution in [-0.2, 0) is 0 Å². The first-order chi connectivity index (χ1) is 8.02. The summed E-state index contributed by atoms with van der Waals surface area (Å²) in [6.07, 6.45) is 0. The molecule has 0 saturated heterocycles. The van der Waals surface area contributed by atoms with E-state index in [-0.39, 0.29) is 24.6 Å². The molecule has 0 heterocycles. The van der Waals surface area contributed by atoms with E-state index in [1.54, 1.807) is 0 Å². The fourth-order valence-corrected chi connectivity index (χ4v) is 1.78. The van der Waals surface area contributed by atoms with Crippen molar-refractivity contribution < 1.29 is 9.90 Å². The van der Waals surface area contributed by atoms with Crippen LogP contribution >= 0.6 is 22.6 Å². The van der Waals surface area contributed by atoms with Gasteiger partial charge in [0.25, 0.3) is 0 Å². The van der Waals surface area contributed by atoms with Crippen molar-refractivity contribution >= 4 is 34.3 Å². The minimum absolute atomic E-state index is 0.0386. The van der Waals surface area contributed by atoms with Gasteiger partial charge in [-0.2, -0.15) is 0 Å². The lowest BCUT2D eigenvalue weighted by Crippen LogP contribution is -2.40. The second kappa shape index (κ2) is 6.80. The summed E-state index contributed by atoms with van der Waals surface area (Å²) in [4.78, 5) is 11.6. The summed E-state index contributed by atoms with van der Waals surface area (Å²) in [5, 5.41) is 14.5. The van der Waals surface area contributed by atoms with Crippen LogP contribution in [0, 0.1) is 9.49 Å². The van der Waals surface area contributed by atoms with Gasteiger partial charge >= 0.3 is 6.03 Å². The Morgan fingerprint density at radius 3 is 2.76 bits per heavy atom. The third kappa shape index (κ3) is 4.91. The normalized spacial score (nSPS) is 13.9. The number of benzene rings is 1. The van der Waals surface area contributed by atoms with Gasteiger partial charge in [0.05, 0.1) is 0 Å². The highest BCUT2D eigenvalue weighted by molar-refractivity contribution is 14.1. The fraction of sp³-hybridized carbons (Fsp3) is 0.417. The first-order valence-corrected chi connectivity index (χ1v) is 6.54. The molecule has 2 atom stereocenters. The average Bonchev–Trinajstić information content (AvgIpc) is 2.27. The molecule has 0 spiro atoms. The van der Waals surface area contributed by atoms with Crippen molar-refractivity contribution in [3.8, 4) is 0 Å². The third-order valence-electron chi connectivity index (χ3n) is 2.58. The monoisotopic (exact) mass is 348 g/mol. The Morgan fingerprint density at radius 2 is 2.18 bits per heavy atom. The van der Waals surface area contributed by atoms with Crippen molar-refractivity contribution in [2.75, 3.05) is 11.9 Å². The minimum Gasteiger partial charge on any atom is -0.396 e. The zero-order valence-electron chi connectivity index (χ0n) is 9.90. The molecule has 0 aliphatic carbocycles. The van der Waals surface area contributed by atoms with Crippen LogP contribution in [0.3, 0.4) is 0 Å². The SMILES string of the molecule is CC(CO)C(C)NC(=O)Nc1cccc(I)c1. The Labute approximate surface area is 115 Å². The summed E-state index contributed by atoms with van der Waals surface area (Å²) in [6.45, 7) is 3.82. The lowest BCUT2D eigenvalue weighted by Gasteiger charge is -2.19. The van der Waals surface area contributed by atoms with Crippen LogP contribution < -0.4 is 10.6 Å². The molecule has 0 radical (unpaired) electrons. The minimum atomic E-state index is -0.250. The van der Waals surface area contributed by atoms with E-state index in [4.69, 9.17) is 5.11 Å². The number of aliphatic hydroxyl groups excluding tert-OH is 1. The summed E-state index contributed by atoms with van der Waals surface area (Å²) < 4.78 is 1.07. The Morgan fingerprint density at radius 1 is 1.47 bits per heavy atom. The summed E-state index contributed by atoms with van der Waals surface area (Å²) in [7, 11) is 0. The molecule has 94 valence electrons. The summed E-state index contributed by atoms with van der Waals surface area (Å²) in [5.41, 5.74) is 0.762. The maximum Gasteiger partial charge on any atom is 0.319 e. The van der Waals surface area contributed by atoms with Crippen LogP contribution in [0.4, 0.5) is 10.5 Å². The molecule has 1 aromatic rings. The molecule has 0 aliphatic rings.